The Hall–Kier alpha value is -1.42. The molecule has 1 aromatic heterocycles. The predicted molar refractivity (Wildman–Crippen MR) is 73.5 cm³/mol. The summed E-state index contributed by atoms with van der Waals surface area (Å²) < 4.78 is 0. The van der Waals surface area contributed by atoms with Gasteiger partial charge in [-0.15, -0.1) is 0 Å². The van der Waals surface area contributed by atoms with Crippen LogP contribution in [0.25, 0.3) is 0 Å². The molecule has 0 radical (unpaired) electrons. The third-order valence-corrected chi connectivity index (χ3v) is 4.83. The number of likely N-dealkylation sites (tertiary alicyclic amines) is 2. The highest BCUT2D eigenvalue weighted by Crippen LogP contribution is 2.38. The van der Waals surface area contributed by atoms with Gasteiger partial charge in [-0.25, -0.2) is 0 Å². The normalized spacial score (nSPS) is 23.2. The molecule has 0 atom stereocenters. The monoisotopic (exact) mass is 259 g/mol. The highest BCUT2D eigenvalue weighted by molar-refractivity contribution is 5.79. The molecule has 4 nitrogen and oxygen atoms in total. The maximum atomic E-state index is 11.7. The van der Waals surface area contributed by atoms with Crippen molar-refractivity contribution in [3.8, 4) is 0 Å². The van der Waals surface area contributed by atoms with Crippen molar-refractivity contribution in [1.29, 1.82) is 0 Å². The number of piperidine rings is 1. The van der Waals surface area contributed by atoms with Crippen LogP contribution in [0.5, 0.6) is 0 Å². The molecular weight excluding hydrogens is 238 g/mol. The van der Waals surface area contributed by atoms with Crippen molar-refractivity contribution in [2.75, 3.05) is 20.1 Å². The van der Waals surface area contributed by atoms with Crippen LogP contribution < -0.4 is 0 Å². The molecule has 0 aromatic carbocycles. The van der Waals surface area contributed by atoms with Gasteiger partial charge in [-0.2, -0.15) is 0 Å². The van der Waals surface area contributed by atoms with Crippen LogP contribution in [-0.2, 0) is 11.3 Å². The van der Waals surface area contributed by atoms with Crippen molar-refractivity contribution in [1.82, 2.24) is 14.8 Å². The molecule has 19 heavy (non-hydrogen) atoms. The lowest BCUT2D eigenvalue weighted by Crippen LogP contribution is -2.51. The van der Waals surface area contributed by atoms with Crippen LogP contribution in [0.15, 0.2) is 24.5 Å². The van der Waals surface area contributed by atoms with E-state index in [0.29, 0.717) is 5.91 Å². The minimum absolute atomic E-state index is 0.159. The first kappa shape index (κ1) is 12.6. The Morgan fingerprint density at radius 3 is 2.47 bits per heavy atom. The van der Waals surface area contributed by atoms with Crippen LogP contribution in [0.3, 0.4) is 0 Å². The van der Waals surface area contributed by atoms with Gasteiger partial charge in [0.2, 0.25) is 5.91 Å². The second kappa shape index (κ2) is 4.93. The summed E-state index contributed by atoms with van der Waals surface area (Å²) in [5.41, 5.74) is 1.48. The van der Waals surface area contributed by atoms with E-state index in [1.165, 1.54) is 5.56 Å². The van der Waals surface area contributed by atoms with Crippen LogP contribution in [0.4, 0.5) is 0 Å². The molecule has 4 heteroatoms. The zero-order valence-electron chi connectivity index (χ0n) is 11.5. The van der Waals surface area contributed by atoms with Crippen LogP contribution in [0, 0.1) is 0 Å². The van der Waals surface area contributed by atoms with Gasteiger partial charge >= 0.3 is 0 Å². The lowest BCUT2D eigenvalue weighted by atomic mass is 9.85. The minimum atomic E-state index is 0.159. The Morgan fingerprint density at radius 2 is 1.89 bits per heavy atom. The van der Waals surface area contributed by atoms with Crippen molar-refractivity contribution >= 4 is 5.91 Å². The number of pyridine rings is 1. The quantitative estimate of drug-likeness (QED) is 0.810. The second-order valence-electron chi connectivity index (χ2n) is 5.81. The van der Waals surface area contributed by atoms with Gasteiger partial charge in [0.25, 0.3) is 0 Å². The third-order valence-electron chi connectivity index (χ3n) is 4.83. The molecule has 1 spiro atoms. The number of amides is 1. The van der Waals surface area contributed by atoms with Gasteiger partial charge in [0.1, 0.15) is 0 Å². The van der Waals surface area contributed by atoms with Crippen molar-refractivity contribution in [3.05, 3.63) is 30.1 Å². The molecule has 2 fully saturated rings. The van der Waals surface area contributed by atoms with E-state index in [1.54, 1.807) is 0 Å². The van der Waals surface area contributed by atoms with Crippen LogP contribution >= 0.6 is 0 Å². The topological polar surface area (TPSA) is 36.4 Å². The SMILES string of the molecule is CN1C(=O)CCC12CCN(Cc1ccncc1)CC2. The molecule has 2 aliphatic rings. The standard InChI is InChI=1S/C15H21N3O/c1-17-14(19)2-5-15(17)6-10-18(11-7-15)12-13-3-8-16-9-4-13/h3-4,8-9H,2,5-7,10-12H2,1H3. The number of rotatable bonds is 2. The lowest BCUT2D eigenvalue weighted by molar-refractivity contribution is -0.130. The lowest BCUT2D eigenvalue weighted by Gasteiger charge is -2.43. The molecule has 3 rings (SSSR count). The first-order chi connectivity index (χ1) is 9.20. The number of aromatic nitrogens is 1. The molecule has 3 heterocycles. The zero-order valence-corrected chi connectivity index (χ0v) is 11.5. The number of hydrogen-bond acceptors (Lipinski definition) is 3. The molecule has 0 bridgehead atoms. The molecule has 2 aliphatic heterocycles. The number of hydrogen-bond donors (Lipinski definition) is 0. The number of carbonyl (C=O) groups excluding carboxylic acids is 1. The van der Waals surface area contributed by atoms with E-state index < -0.39 is 0 Å². The summed E-state index contributed by atoms with van der Waals surface area (Å²) in [6.07, 6.45) is 7.71. The smallest absolute Gasteiger partial charge is 0.222 e. The highest BCUT2D eigenvalue weighted by Gasteiger charge is 2.44. The van der Waals surface area contributed by atoms with Crippen molar-refractivity contribution in [2.45, 2.75) is 37.8 Å². The Bertz CT molecular complexity index is 452. The first-order valence-corrected chi connectivity index (χ1v) is 7.08. The van der Waals surface area contributed by atoms with E-state index >= 15 is 0 Å². The van der Waals surface area contributed by atoms with Crippen LogP contribution in [0.1, 0.15) is 31.2 Å². The van der Waals surface area contributed by atoms with Gasteiger partial charge in [0.05, 0.1) is 0 Å². The van der Waals surface area contributed by atoms with E-state index in [4.69, 9.17) is 0 Å². The van der Waals surface area contributed by atoms with E-state index in [1.807, 2.05) is 24.3 Å². The van der Waals surface area contributed by atoms with Crippen molar-refractivity contribution in [2.24, 2.45) is 0 Å². The summed E-state index contributed by atoms with van der Waals surface area (Å²) in [5.74, 6) is 0.322. The second-order valence-corrected chi connectivity index (χ2v) is 5.81. The molecule has 0 N–H and O–H groups in total. The van der Waals surface area contributed by atoms with Crippen molar-refractivity contribution < 1.29 is 4.79 Å². The van der Waals surface area contributed by atoms with Gasteiger partial charge in [-0.3, -0.25) is 14.7 Å². The van der Waals surface area contributed by atoms with Gasteiger partial charge in [-0.1, -0.05) is 0 Å². The summed E-state index contributed by atoms with van der Waals surface area (Å²) in [7, 11) is 1.98. The molecule has 1 amide bonds. The van der Waals surface area contributed by atoms with E-state index in [-0.39, 0.29) is 5.54 Å². The molecule has 1 aromatic rings. The average Bonchev–Trinajstić information content (AvgIpc) is 2.72. The fourth-order valence-corrected chi connectivity index (χ4v) is 3.40. The van der Waals surface area contributed by atoms with E-state index in [0.717, 1.165) is 45.3 Å². The molecule has 0 saturated carbocycles. The summed E-state index contributed by atoms with van der Waals surface area (Å²) in [5, 5.41) is 0. The maximum Gasteiger partial charge on any atom is 0.222 e. The Morgan fingerprint density at radius 1 is 1.21 bits per heavy atom. The van der Waals surface area contributed by atoms with Crippen molar-refractivity contribution in [3.63, 3.8) is 0 Å². The van der Waals surface area contributed by atoms with Gasteiger partial charge in [0.15, 0.2) is 0 Å². The molecule has 2 saturated heterocycles. The summed E-state index contributed by atoms with van der Waals surface area (Å²) in [6, 6.07) is 4.16. The summed E-state index contributed by atoms with van der Waals surface area (Å²) in [6.45, 7) is 3.16. The van der Waals surface area contributed by atoms with E-state index in [9.17, 15) is 4.79 Å². The minimum Gasteiger partial charge on any atom is -0.340 e. The fourth-order valence-electron chi connectivity index (χ4n) is 3.40. The molecular formula is C15H21N3O. The Labute approximate surface area is 114 Å². The average molecular weight is 259 g/mol. The molecule has 102 valence electrons. The fraction of sp³-hybridized carbons (Fsp3) is 0.600. The number of carbonyl (C=O) groups is 1. The number of nitrogens with zero attached hydrogens (tertiary/aromatic N) is 3. The van der Waals surface area contributed by atoms with Crippen LogP contribution in [-0.4, -0.2) is 46.4 Å². The third kappa shape index (κ3) is 2.37. The molecule has 0 aliphatic carbocycles. The van der Waals surface area contributed by atoms with E-state index in [2.05, 4.69) is 22.0 Å². The van der Waals surface area contributed by atoms with Gasteiger partial charge in [-0.05, 0) is 37.0 Å². The van der Waals surface area contributed by atoms with Crippen LogP contribution in [0.2, 0.25) is 0 Å². The first-order valence-electron chi connectivity index (χ1n) is 7.08. The van der Waals surface area contributed by atoms with Gasteiger partial charge in [0, 0.05) is 51.0 Å². The largest absolute Gasteiger partial charge is 0.340 e. The Kier molecular flexibility index (Phi) is 3.27. The Balaban J connectivity index is 1.59. The highest BCUT2D eigenvalue weighted by atomic mass is 16.2. The van der Waals surface area contributed by atoms with Gasteiger partial charge < -0.3 is 4.90 Å². The predicted octanol–water partition coefficient (Wildman–Crippen LogP) is 1.67. The zero-order chi connectivity index (χ0) is 13.3. The maximum absolute atomic E-state index is 11.7. The summed E-state index contributed by atoms with van der Waals surface area (Å²) in [4.78, 5) is 20.3. The molecule has 0 unspecified atom stereocenters. The summed E-state index contributed by atoms with van der Waals surface area (Å²) >= 11 is 0.